The number of hydrogen-bond acceptors (Lipinski definition) is 7. The van der Waals surface area contributed by atoms with E-state index in [4.69, 9.17) is 11.6 Å². The number of thiophene rings is 1. The fourth-order valence-electron chi connectivity index (χ4n) is 4.59. The predicted molar refractivity (Wildman–Crippen MR) is 143 cm³/mol. The molecule has 3 amide bonds. The van der Waals surface area contributed by atoms with Crippen LogP contribution in [-0.4, -0.2) is 33.2 Å². The number of carbonyl (C=O) groups excluding carboxylic acids is 2. The lowest BCUT2D eigenvalue weighted by Gasteiger charge is -2.33. The number of nitrogens with one attached hydrogen (secondary N) is 1. The molecule has 4 aromatic rings. The number of hydrogen-bond donors (Lipinski definition) is 1. The van der Waals surface area contributed by atoms with Crippen LogP contribution in [0.15, 0.2) is 60.5 Å². The van der Waals surface area contributed by atoms with Crippen LogP contribution in [0.3, 0.4) is 0 Å². The van der Waals surface area contributed by atoms with Gasteiger partial charge in [-0.25, -0.2) is 9.69 Å². The minimum absolute atomic E-state index is 0.304. The van der Waals surface area contributed by atoms with E-state index in [1.165, 1.54) is 34.2 Å². The second-order valence-corrected chi connectivity index (χ2v) is 10.9. The van der Waals surface area contributed by atoms with Gasteiger partial charge in [-0.2, -0.15) is 5.26 Å². The van der Waals surface area contributed by atoms with Gasteiger partial charge in [0, 0.05) is 45.0 Å². The number of pyridine rings is 2. The number of benzene rings is 1. The molecular formula is C26H16ClN5O2S2. The van der Waals surface area contributed by atoms with Crippen LogP contribution in [0.2, 0.25) is 5.02 Å². The summed E-state index contributed by atoms with van der Waals surface area (Å²) >= 11 is 9.56. The molecule has 6 rings (SSSR count). The zero-order valence-electron chi connectivity index (χ0n) is 18.7. The van der Waals surface area contributed by atoms with Crippen molar-refractivity contribution in [3.8, 4) is 17.2 Å². The largest absolute Gasteiger partial charge is 0.329 e. The number of anilines is 1. The summed E-state index contributed by atoms with van der Waals surface area (Å²) in [5, 5.41) is 15.1. The molecule has 5 heterocycles. The Morgan fingerprint density at radius 1 is 1.17 bits per heavy atom. The van der Waals surface area contributed by atoms with Gasteiger partial charge in [0.1, 0.15) is 11.3 Å². The minimum atomic E-state index is -0.556. The van der Waals surface area contributed by atoms with Gasteiger partial charge in [0.2, 0.25) is 0 Å². The van der Waals surface area contributed by atoms with Crippen molar-refractivity contribution in [2.45, 2.75) is 18.2 Å². The van der Waals surface area contributed by atoms with Crippen molar-refractivity contribution in [3.63, 3.8) is 0 Å². The standard InChI is InChI=1S/C26H16ClN5O2S2/c1-13-12-35-21-11-30-10-19(22(13)21)32-25(33)24-18(31-26(32)34)6-20(36-24)23-16(3-2-4-17(23)27)15-5-14(7-28)8-29-9-15/h2-6,8-12,18,24H,1H3,(H,31,34). The van der Waals surface area contributed by atoms with E-state index in [0.29, 0.717) is 16.3 Å². The van der Waals surface area contributed by atoms with E-state index in [1.807, 2.05) is 30.5 Å². The number of aryl methyl sites for hydroxylation is 1. The maximum absolute atomic E-state index is 13.7. The highest BCUT2D eigenvalue weighted by Crippen LogP contribution is 2.48. The molecule has 2 aliphatic rings. The monoisotopic (exact) mass is 529 g/mol. The Morgan fingerprint density at radius 3 is 2.83 bits per heavy atom. The summed E-state index contributed by atoms with van der Waals surface area (Å²) in [6, 6.07) is 8.41. The first-order chi connectivity index (χ1) is 17.5. The van der Waals surface area contributed by atoms with Crippen molar-refractivity contribution in [3.05, 3.63) is 82.2 Å². The summed E-state index contributed by atoms with van der Waals surface area (Å²) in [5.74, 6) is -0.304. The van der Waals surface area contributed by atoms with Crippen LogP contribution in [-0.2, 0) is 4.79 Å². The summed E-state index contributed by atoms with van der Waals surface area (Å²) < 4.78 is 0.916. The molecule has 36 heavy (non-hydrogen) atoms. The second kappa shape index (κ2) is 8.75. The van der Waals surface area contributed by atoms with Crippen LogP contribution in [0.25, 0.3) is 26.1 Å². The van der Waals surface area contributed by atoms with Crippen molar-refractivity contribution in [1.29, 1.82) is 5.26 Å². The molecule has 1 saturated heterocycles. The van der Waals surface area contributed by atoms with Crippen LogP contribution in [0.1, 0.15) is 16.7 Å². The van der Waals surface area contributed by atoms with Crippen molar-refractivity contribution >= 4 is 67.3 Å². The van der Waals surface area contributed by atoms with E-state index >= 15 is 0 Å². The van der Waals surface area contributed by atoms with Gasteiger partial charge in [-0.3, -0.25) is 14.8 Å². The van der Waals surface area contributed by atoms with Gasteiger partial charge in [-0.1, -0.05) is 23.7 Å². The topological polar surface area (TPSA) is 99.0 Å². The number of aromatic nitrogens is 2. The fourth-order valence-corrected chi connectivity index (χ4v) is 7.18. The predicted octanol–water partition coefficient (Wildman–Crippen LogP) is 5.77. The number of amides is 3. The van der Waals surface area contributed by atoms with E-state index < -0.39 is 17.3 Å². The number of fused-ring (bicyclic) bond motifs is 2. The van der Waals surface area contributed by atoms with E-state index in [1.54, 1.807) is 30.7 Å². The van der Waals surface area contributed by atoms with Crippen LogP contribution in [0, 0.1) is 18.3 Å². The van der Waals surface area contributed by atoms with Crippen LogP contribution >= 0.6 is 34.7 Å². The molecule has 176 valence electrons. The highest BCUT2D eigenvalue weighted by Gasteiger charge is 2.46. The summed E-state index contributed by atoms with van der Waals surface area (Å²) in [5.41, 5.74) is 4.18. The molecule has 2 unspecified atom stereocenters. The summed E-state index contributed by atoms with van der Waals surface area (Å²) in [4.78, 5) is 37.3. The third-order valence-corrected chi connectivity index (χ3v) is 8.89. The highest BCUT2D eigenvalue weighted by atomic mass is 35.5. The molecule has 0 spiro atoms. The SMILES string of the molecule is Cc1csc2cncc(N3C(=O)NC4C=C(c5c(Cl)cccc5-c5cncc(C#N)c5)SC4C3=O)c12. The second-order valence-electron chi connectivity index (χ2n) is 8.41. The third kappa shape index (κ3) is 3.57. The Bertz CT molecular complexity index is 1660. The van der Waals surface area contributed by atoms with Gasteiger partial charge in [-0.15, -0.1) is 23.1 Å². The Balaban J connectivity index is 1.39. The molecule has 1 aromatic carbocycles. The number of rotatable bonds is 3. The van der Waals surface area contributed by atoms with Crippen molar-refractivity contribution < 1.29 is 9.59 Å². The van der Waals surface area contributed by atoms with Crippen molar-refractivity contribution in [1.82, 2.24) is 15.3 Å². The lowest BCUT2D eigenvalue weighted by atomic mass is 9.98. The average Bonchev–Trinajstić information content (AvgIpc) is 3.48. The Hall–Kier alpha value is -3.71. The van der Waals surface area contributed by atoms with Crippen molar-refractivity contribution in [2.75, 3.05) is 4.90 Å². The van der Waals surface area contributed by atoms with Gasteiger partial charge in [-0.05, 0) is 41.6 Å². The quantitative estimate of drug-likeness (QED) is 0.361. The maximum Gasteiger partial charge on any atom is 0.329 e. The van der Waals surface area contributed by atoms with Crippen LogP contribution < -0.4 is 10.2 Å². The molecular weight excluding hydrogens is 514 g/mol. The Kier molecular flexibility index (Phi) is 5.52. The van der Waals surface area contributed by atoms with Gasteiger partial charge >= 0.3 is 6.03 Å². The molecule has 1 N–H and O–H groups in total. The lowest BCUT2D eigenvalue weighted by molar-refractivity contribution is -0.118. The third-order valence-electron chi connectivity index (χ3n) is 6.20. The lowest BCUT2D eigenvalue weighted by Crippen LogP contribution is -2.60. The number of thioether (sulfide) groups is 1. The van der Waals surface area contributed by atoms with Gasteiger partial charge in [0.15, 0.2) is 0 Å². The minimum Gasteiger partial charge on any atom is -0.329 e. The number of urea groups is 1. The molecule has 2 atom stereocenters. The molecule has 0 saturated carbocycles. The number of nitriles is 1. The number of halogens is 1. The van der Waals surface area contributed by atoms with Crippen LogP contribution in [0.4, 0.5) is 10.5 Å². The van der Waals surface area contributed by atoms with Crippen LogP contribution in [0.5, 0.6) is 0 Å². The summed E-state index contributed by atoms with van der Waals surface area (Å²) in [6.45, 7) is 1.95. The first kappa shape index (κ1) is 22.7. The first-order valence-electron chi connectivity index (χ1n) is 11.0. The molecule has 7 nitrogen and oxygen atoms in total. The molecule has 2 aliphatic heterocycles. The first-order valence-corrected chi connectivity index (χ1v) is 13.1. The van der Waals surface area contributed by atoms with Crippen molar-refractivity contribution in [2.24, 2.45) is 0 Å². The fraction of sp³-hybridized carbons (Fsp3) is 0.115. The molecule has 0 aliphatic carbocycles. The zero-order valence-corrected chi connectivity index (χ0v) is 21.1. The highest BCUT2D eigenvalue weighted by molar-refractivity contribution is 8.09. The summed E-state index contributed by atoms with van der Waals surface area (Å²) in [7, 11) is 0. The normalized spacial score (nSPS) is 19.1. The Morgan fingerprint density at radius 2 is 2.00 bits per heavy atom. The number of imide groups is 1. The molecule has 0 radical (unpaired) electrons. The van der Waals surface area contributed by atoms with E-state index in [-0.39, 0.29) is 5.91 Å². The number of carbonyl (C=O) groups is 2. The van der Waals surface area contributed by atoms with E-state index in [9.17, 15) is 14.9 Å². The Labute approximate surface area is 219 Å². The zero-order chi connectivity index (χ0) is 25.0. The molecule has 0 bridgehead atoms. The molecule has 1 fully saturated rings. The van der Waals surface area contributed by atoms with Gasteiger partial charge in [0.25, 0.3) is 5.91 Å². The van der Waals surface area contributed by atoms with Gasteiger partial charge < -0.3 is 5.32 Å². The smallest absolute Gasteiger partial charge is 0.329 e. The van der Waals surface area contributed by atoms with E-state index in [2.05, 4.69) is 21.4 Å². The van der Waals surface area contributed by atoms with E-state index in [0.717, 1.165) is 37.2 Å². The average molecular weight is 530 g/mol. The maximum atomic E-state index is 13.7. The molecule has 3 aromatic heterocycles. The molecule has 10 heteroatoms. The number of nitrogens with zero attached hydrogens (tertiary/aromatic N) is 4. The summed E-state index contributed by atoms with van der Waals surface area (Å²) in [6.07, 6.45) is 8.36. The van der Waals surface area contributed by atoms with Gasteiger partial charge in [0.05, 0.1) is 28.2 Å².